The van der Waals surface area contributed by atoms with Gasteiger partial charge in [-0.15, -0.1) is 0 Å². The molecule has 0 spiro atoms. The molecule has 0 unspecified atom stereocenters. The molecule has 11 heavy (non-hydrogen) atoms. The van der Waals surface area contributed by atoms with Gasteiger partial charge >= 0.3 is 0 Å². The van der Waals surface area contributed by atoms with Crippen molar-refractivity contribution in [1.82, 2.24) is 4.98 Å². The zero-order chi connectivity index (χ0) is 7.68. The molecule has 0 aromatic carbocycles. The summed E-state index contributed by atoms with van der Waals surface area (Å²) in [5, 5.41) is 1.99. The molecule has 1 aliphatic rings. The first-order valence-electron chi connectivity index (χ1n) is 3.53. The minimum Gasteiger partial charge on any atom is -0.204 e. The lowest BCUT2D eigenvalue weighted by atomic mass is 10.1. The van der Waals surface area contributed by atoms with Crippen LogP contribution in [0, 0.1) is 6.42 Å². The summed E-state index contributed by atoms with van der Waals surface area (Å²) in [6.07, 6.45) is 9.80. The van der Waals surface area contributed by atoms with Crippen molar-refractivity contribution < 1.29 is 0 Å². The predicted octanol–water partition coefficient (Wildman–Crippen LogP) is 0.395. The lowest BCUT2D eigenvalue weighted by Crippen LogP contribution is -2.18. The zero-order valence-electron chi connectivity index (χ0n) is 6.12. The van der Waals surface area contributed by atoms with E-state index in [4.69, 9.17) is 0 Å². The van der Waals surface area contributed by atoms with Crippen LogP contribution in [0.25, 0.3) is 12.7 Å². The summed E-state index contributed by atoms with van der Waals surface area (Å²) in [5.41, 5.74) is 1.15. The maximum Gasteiger partial charge on any atom is 0.159 e. The van der Waals surface area contributed by atoms with Crippen molar-refractivity contribution in [3.05, 3.63) is 47.0 Å². The van der Waals surface area contributed by atoms with E-state index >= 15 is 0 Å². The molecule has 1 heterocycles. The largest absolute Gasteiger partial charge is 0.204 e. The molecule has 0 radical (unpaired) electrons. The first-order chi connectivity index (χ1) is 5.36. The van der Waals surface area contributed by atoms with Gasteiger partial charge in [0.2, 0.25) is 0 Å². The summed E-state index contributed by atoms with van der Waals surface area (Å²) in [7, 11) is 0. The molecule has 0 N–H and O–H groups in total. The second-order valence-corrected chi connectivity index (χ2v) is 2.54. The Morgan fingerprint density at radius 3 is 3.27 bits per heavy atom. The normalized spacial score (nSPS) is 13.1. The van der Waals surface area contributed by atoms with Crippen molar-refractivity contribution in [2.24, 2.45) is 0 Å². The summed E-state index contributed by atoms with van der Waals surface area (Å²) in [4.78, 5) is 4.22. The molecular weight excluding hydrogens is 134 g/mol. The molecule has 0 saturated carbocycles. The average Bonchev–Trinajstić information content (AvgIpc) is 2.04. The summed E-state index contributed by atoms with van der Waals surface area (Å²) in [5.74, 6) is 0. The molecule has 0 bridgehead atoms. The molecule has 0 atom stereocenters. The summed E-state index contributed by atoms with van der Waals surface area (Å²) in [6.45, 7) is 3.81. The fourth-order valence-electron chi connectivity index (χ4n) is 1.12. The third kappa shape index (κ3) is 1.05. The molecule has 0 aliphatic heterocycles. The number of fused-ring (bicyclic) bond motifs is 1. The van der Waals surface area contributed by atoms with Crippen LogP contribution in [0.15, 0.2) is 24.4 Å². The highest BCUT2D eigenvalue weighted by Gasteiger charge is 2.04. The third-order valence-electron chi connectivity index (χ3n) is 1.65. The molecule has 1 heteroatoms. The molecule has 1 nitrogen and oxygen atoms in total. The van der Waals surface area contributed by atoms with Gasteiger partial charge in [0.05, 0.1) is 6.20 Å². The number of nitrogens with zero attached hydrogens (tertiary/aromatic N) is 1. The smallest absolute Gasteiger partial charge is 0.159 e. The van der Waals surface area contributed by atoms with E-state index in [2.05, 4.69) is 11.6 Å². The van der Waals surface area contributed by atoms with Crippen LogP contribution < -0.4 is 10.6 Å². The van der Waals surface area contributed by atoms with E-state index < -0.39 is 0 Å². The van der Waals surface area contributed by atoms with Crippen LogP contribution in [0.3, 0.4) is 0 Å². The van der Waals surface area contributed by atoms with Gasteiger partial charge in [0.15, 0.2) is 5.35 Å². The van der Waals surface area contributed by atoms with Gasteiger partial charge < -0.3 is 0 Å². The number of allylic oxidation sites excluding steroid dienone is 2. The molecule has 0 amide bonds. The van der Waals surface area contributed by atoms with Crippen LogP contribution in [-0.4, -0.2) is 4.98 Å². The Bertz CT molecular complexity index is 401. The Morgan fingerprint density at radius 1 is 1.45 bits per heavy atom. The summed E-state index contributed by atoms with van der Waals surface area (Å²) >= 11 is 0. The SMILES string of the molecule is C=c1cnc2c(c1)[CH+]C=CC=2. The number of hydrogen-bond acceptors (Lipinski definition) is 1. The van der Waals surface area contributed by atoms with Gasteiger partial charge in [0, 0.05) is 35.9 Å². The van der Waals surface area contributed by atoms with Gasteiger partial charge in [-0.2, -0.15) is 0 Å². The van der Waals surface area contributed by atoms with Gasteiger partial charge in [-0.3, -0.25) is 0 Å². The second kappa shape index (κ2) is 2.27. The minimum absolute atomic E-state index is 0.962. The van der Waals surface area contributed by atoms with E-state index in [1.165, 1.54) is 0 Å². The Morgan fingerprint density at radius 2 is 2.36 bits per heavy atom. The molecule has 1 aromatic heterocycles. The van der Waals surface area contributed by atoms with E-state index in [9.17, 15) is 0 Å². The van der Waals surface area contributed by atoms with E-state index in [1.807, 2.05) is 30.7 Å². The van der Waals surface area contributed by atoms with Crippen LogP contribution in [0.5, 0.6) is 0 Å². The number of pyridine rings is 1. The van der Waals surface area contributed by atoms with Crippen molar-refractivity contribution in [2.75, 3.05) is 0 Å². The lowest BCUT2D eigenvalue weighted by molar-refractivity contribution is 1.19. The van der Waals surface area contributed by atoms with Gasteiger partial charge in [-0.05, 0) is 0 Å². The maximum absolute atomic E-state index is 4.22. The Balaban J connectivity index is 2.77. The first kappa shape index (κ1) is 6.23. The highest BCUT2D eigenvalue weighted by atomic mass is 14.6. The molecule has 0 fully saturated rings. The van der Waals surface area contributed by atoms with Crippen LogP contribution in [0.4, 0.5) is 0 Å². The van der Waals surface area contributed by atoms with Crippen LogP contribution in [0.2, 0.25) is 0 Å². The van der Waals surface area contributed by atoms with Crippen LogP contribution in [-0.2, 0) is 0 Å². The highest BCUT2D eigenvalue weighted by Crippen LogP contribution is 1.97. The van der Waals surface area contributed by atoms with Gasteiger partial charge in [-0.25, -0.2) is 4.98 Å². The quantitative estimate of drug-likeness (QED) is 0.478. The molecule has 1 aromatic rings. The molecule has 0 saturated heterocycles. The van der Waals surface area contributed by atoms with Crippen molar-refractivity contribution >= 4 is 12.7 Å². The Hall–Kier alpha value is -1.50. The van der Waals surface area contributed by atoms with E-state index in [0.29, 0.717) is 0 Å². The van der Waals surface area contributed by atoms with Crippen molar-refractivity contribution in [1.29, 1.82) is 0 Å². The predicted molar refractivity (Wildman–Crippen MR) is 46.0 cm³/mol. The lowest BCUT2D eigenvalue weighted by Gasteiger charge is -1.92. The molecular formula is C10H8N+. The number of rotatable bonds is 0. The Labute approximate surface area is 65.4 Å². The second-order valence-electron chi connectivity index (χ2n) is 2.54. The Kier molecular flexibility index (Phi) is 1.29. The van der Waals surface area contributed by atoms with E-state index in [0.717, 1.165) is 16.1 Å². The monoisotopic (exact) mass is 142 g/mol. The van der Waals surface area contributed by atoms with Crippen molar-refractivity contribution in [3.8, 4) is 0 Å². The average molecular weight is 142 g/mol. The van der Waals surface area contributed by atoms with Gasteiger partial charge in [0.1, 0.15) is 5.56 Å². The number of hydrogen-bond donors (Lipinski definition) is 0. The van der Waals surface area contributed by atoms with E-state index in [1.54, 1.807) is 6.20 Å². The standard InChI is InChI=1S/C10H8N/c1-8-6-9-4-2-3-5-10(9)11-7-8/h2-7H,1H2/q+1. The summed E-state index contributed by atoms with van der Waals surface area (Å²) in [6, 6.07) is 2.03. The van der Waals surface area contributed by atoms with Gasteiger partial charge in [-0.1, -0.05) is 6.58 Å². The topological polar surface area (TPSA) is 12.9 Å². The number of aromatic nitrogens is 1. The maximum atomic E-state index is 4.22. The first-order valence-corrected chi connectivity index (χ1v) is 3.53. The van der Waals surface area contributed by atoms with Crippen molar-refractivity contribution in [2.45, 2.75) is 0 Å². The fourth-order valence-corrected chi connectivity index (χ4v) is 1.12. The summed E-state index contributed by atoms with van der Waals surface area (Å²) < 4.78 is 0. The third-order valence-corrected chi connectivity index (χ3v) is 1.65. The molecule has 52 valence electrons. The molecule has 1 aliphatic carbocycles. The zero-order valence-corrected chi connectivity index (χ0v) is 6.12. The van der Waals surface area contributed by atoms with Crippen molar-refractivity contribution in [3.63, 3.8) is 0 Å². The molecule has 2 rings (SSSR count). The van der Waals surface area contributed by atoms with Crippen LogP contribution in [0.1, 0.15) is 5.56 Å². The minimum atomic E-state index is 0.962. The fraction of sp³-hybridized carbons (Fsp3) is 0. The van der Waals surface area contributed by atoms with Crippen LogP contribution >= 0.6 is 0 Å². The highest BCUT2D eigenvalue weighted by molar-refractivity contribution is 5.46. The van der Waals surface area contributed by atoms with E-state index in [-0.39, 0.29) is 0 Å². The van der Waals surface area contributed by atoms with Gasteiger partial charge in [0.25, 0.3) is 0 Å².